The standard InChI is InChI=1S/C30H22FN2O/c1-19-14-15-23-24-18-25(31)28(22-12-8-11-21(17-22)20-9-4-3-5-10-20)32-30(24)34-29(23)27(19)26-13-6-7-16-33(26)2/h3-18H,1-2H3/q+1. The number of benzene rings is 3. The van der Waals surface area contributed by atoms with Crippen LogP contribution in [0.4, 0.5) is 4.39 Å². The van der Waals surface area contributed by atoms with Crippen molar-refractivity contribution in [3.63, 3.8) is 0 Å². The highest BCUT2D eigenvalue weighted by Crippen LogP contribution is 2.38. The van der Waals surface area contributed by atoms with Gasteiger partial charge in [-0.2, -0.15) is 0 Å². The van der Waals surface area contributed by atoms with Gasteiger partial charge in [-0.15, -0.1) is 0 Å². The van der Waals surface area contributed by atoms with Crippen LogP contribution in [-0.2, 0) is 7.05 Å². The minimum atomic E-state index is -0.368. The molecule has 6 aromatic rings. The molecular weight excluding hydrogens is 423 g/mol. The summed E-state index contributed by atoms with van der Waals surface area (Å²) in [5, 5.41) is 1.53. The van der Waals surface area contributed by atoms with Crippen LogP contribution in [0.25, 0.3) is 55.7 Å². The molecule has 0 aliphatic carbocycles. The van der Waals surface area contributed by atoms with E-state index in [1.54, 1.807) is 6.07 Å². The van der Waals surface area contributed by atoms with E-state index < -0.39 is 0 Å². The van der Waals surface area contributed by atoms with Crippen LogP contribution >= 0.6 is 0 Å². The summed E-state index contributed by atoms with van der Waals surface area (Å²) in [5.41, 5.74) is 7.35. The number of hydrogen-bond acceptors (Lipinski definition) is 2. The highest BCUT2D eigenvalue weighted by atomic mass is 19.1. The minimum absolute atomic E-state index is 0.285. The van der Waals surface area contributed by atoms with E-state index in [2.05, 4.69) is 28.6 Å². The van der Waals surface area contributed by atoms with Crippen LogP contribution in [0.15, 0.2) is 102 Å². The number of rotatable bonds is 3. The summed E-state index contributed by atoms with van der Waals surface area (Å²) >= 11 is 0. The maximum atomic E-state index is 15.4. The van der Waals surface area contributed by atoms with E-state index in [0.29, 0.717) is 16.7 Å². The fourth-order valence-corrected chi connectivity index (χ4v) is 4.62. The summed E-state index contributed by atoms with van der Waals surface area (Å²) < 4.78 is 23.8. The van der Waals surface area contributed by atoms with E-state index in [0.717, 1.165) is 38.9 Å². The van der Waals surface area contributed by atoms with Crippen molar-refractivity contribution in [3.8, 4) is 33.6 Å². The molecule has 0 spiro atoms. The molecule has 3 heterocycles. The van der Waals surface area contributed by atoms with Crippen molar-refractivity contribution in [2.75, 3.05) is 0 Å². The van der Waals surface area contributed by atoms with E-state index in [-0.39, 0.29) is 11.5 Å². The van der Waals surface area contributed by atoms with Crippen molar-refractivity contribution in [1.29, 1.82) is 0 Å². The zero-order valence-electron chi connectivity index (χ0n) is 18.9. The highest BCUT2D eigenvalue weighted by molar-refractivity contribution is 6.09. The Morgan fingerprint density at radius 3 is 2.35 bits per heavy atom. The van der Waals surface area contributed by atoms with Crippen molar-refractivity contribution in [2.24, 2.45) is 7.05 Å². The molecule has 34 heavy (non-hydrogen) atoms. The van der Waals surface area contributed by atoms with Gasteiger partial charge in [0, 0.05) is 23.1 Å². The maximum absolute atomic E-state index is 15.4. The second-order valence-electron chi connectivity index (χ2n) is 8.55. The lowest BCUT2D eigenvalue weighted by molar-refractivity contribution is -0.660. The van der Waals surface area contributed by atoms with Crippen molar-refractivity contribution in [3.05, 3.63) is 109 Å². The number of fused-ring (bicyclic) bond motifs is 3. The number of hydrogen-bond donors (Lipinski definition) is 0. The smallest absolute Gasteiger partial charge is 0.228 e. The summed E-state index contributed by atoms with van der Waals surface area (Å²) in [6.07, 6.45) is 2.01. The summed E-state index contributed by atoms with van der Waals surface area (Å²) in [6, 6.07) is 29.5. The maximum Gasteiger partial charge on any atom is 0.228 e. The van der Waals surface area contributed by atoms with Gasteiger partial charge >= 0.3 is 0 Å². The Kier molecular flexibility index (Phi) is 4.73. The molecule has 0 amide bonds. The first-order valence-corrected chi connectivity index (χ1v) is 11.2. The van der Waals surface area contributed by atoms with Crippen LogP contribution in [0.1, 0.15) is 5.56 Å². The third-order valence-electron chi connectivity index (χ3n) is 6.35. The van der Waals surface area contributed by atoms with Gasteiger partial charge in [0.1, 0.15) is 18.6 Å². The lowest BCUT2D eigenvalue weighted by Gasteiger charge is -2.06. The monoisotopic (exact) mass is 445 g/mol. The summed E-state index contributed by atoms with van der Waals surface area (Å²) in [6.45, 7) is 2.06. The molecule has 0 unspecified atom stereocenters. The molecule has 0 N–H and O–H groups in total. The van der Waals surface area contributed by atoms with Gasteiger partial charge in [-0.25, -0.2) is 13.9 Å². The molecule has 0 bridgehead atoms. The number of pyridine rings is 2. The Labute approximate surface area is 196 Å². The number of halogens is 1. The molecule has 0 aliphatic rings. The van der Waals surface area contributed by atoms with Crippen molar-refractivity contribution >= 4 is 22.1 Å². The highest BCUT2D eigenvalue weighted by Gasteiger charge is 2.22. The van der Waals surface area contributed by atoms with Crippen LogP contribution in [0, 0.1) is 12.7 Å². The molecule has 0 aliphatic heterocycles. The second-order valence-corrected chi connectivity index (χ2v) is 8.55. The number of furan rings is 1. The van der Waals surface area contributed by atoms with Crippen LogP contribution in [0.3, 0.4) is 0 Å². The van der Waals surface area contributed by atoms with Crippen LogP contribution in [0.2, 0.25) is 0 Å². The molecule has 0 fully saturated rings. The number of aryl methyl sites for hydroxylation is 2. The van der Waals surface area contributed by atoms with E-state index in [1.165, 1.54) is 0 Å². The van der Waals surface area contributed by atoms with Crippen LogP contribution in [0.5, 0.6) is 0 Å². The lowest BCUT2D eigenvalue weighted by Crippen LogP contribution is -2.30. The minimum Gasteiger partial charge on any atom is -0.437 e. The fraction of sp³-hybridized carbons (Fsp3) is 0.0667. The Balaban J connectivity index is 1.56. The summed E-state index contributed by atoms with van der Waals surface area (Å²) in [5.74, 6) is -0.368. The van der Waals surface area contributed by atoms with Gasteiger partial charge in [0.15, 0.2) is 11.8 Å². The zero-order chi connectivity index (χ0) is 23.2. The lowest BCUT2D eigenvalue weighted by atomic mass is 10.00. The second kappa shape index (κ2) is 7.92. The molecule has 3 aromatic carbocycles. The molecule has 3 aromatic heterocycles. The van der Waals surface area contributed by atoms with E-state index in [1.807, 2.05) is 86.0 Å². The van der Waals surface area contributed by atoms with E-state index in [4.69, 9.17) is 4.42 Å². The fourth-order valence-electron chi connectivity index (χ4n) is 4.62. The molecule has 0 saturated heterocycles. The van der Waals surface area contributed by atoms with Crippen LogP contribution < -0.4 is 4.57 Å². The molecule has 0 atom stereocenters. The number of aromatic nitrogens is 2. The van der Waals surface area contributed by atoms with Gasteiger partial charge in [0.25, 0.3) is 0 Å². The topological polar surface area (TPSA) is 29.9 Å². The molecular formula is C30H22FN2O+. The first-order chi connectivity index (χ1) is 16.6. The third kappa shape index (κ3) is 3.27. The van der Waals surface area contributed by atoms with Gasteiger partial charge in [-0.05, 0) is 41.8 Å². The predicted octanol–water partition coefficient (Wildman–Crippen LogP) is 7.25. The predicted molar refractivity (Wildman–Crippen MR) is 134 cm³/mol. The van der Waals surface area contributed by atoms with Crippen LogP contribution in [-0.4, -0.2) is 4.98 Å². The van der Waals surface area contributed by atoms with Gasteiger partial charge in [0.05, 0.1) is 10.9 Å². The zero-order valence-corrected chi connectivity index (χ0v) is 18.9. The molecule has 4 heteroatoms. The van der Waals surface area contributed by atoms with E-state index in [9.17, 15) is 0 Å². The first kappa shape index (κ1) is 20.3. The van der Waals surface area contributed by atoms with E-state index >= 15 is 4.39 Å². The van der Waals surface area contributed by atoms with Crippen molar-refractivity contribution in [1.82, 2.24) is 4.98 Å². The quantitative estimate of drug-likeness (QED) is 0.269. The van der Waals surface area contributed by atoms with Gasteiger partial charge < -0.3 is 4.42 Å². The molecule has 0 radical (unpaired) electrons. The Morgan fingerprint density at radius 1 is 0.765 bits per heavy atom. The van der Waals surface area contributed by atoms with Gasteiger partial charge in [-0.1, -0.05) is 60.7 Å². The molecule has 0 saturated carbocycles. The van der Waals surface area contributed by atoms with Gasteiger partial charge in [-0.3, -0.25) is 0 Å². The number of nitrogens with zero attached hydrogens (tertiary/aromatic N) is 2. The largest absolute Gasteiger partial charge is 0.437 e. The third-order valence-corrected chi connectivity index (χ3v) is 6.35. The first-order valence-electron chi connectivity index (χ1n) is 11.2. The van der Waals surface area contributed by atoms with Crippen molar-refractivity contribution in [2.45, 2.75) is 6.92 Å². The summed E-state index contributed by atoms with van der Waals surface area (Å²) in [4.78, 5) is 4.66. The molecule has 6 rings (SSSR count). The molecule has 3 nitrogen and oxygen atoms in total. The Bertz CT molecular complexity index is 1690. The average Bonchev–Trinajstić information content (AvgIpc) is 3.22. The summed E-state index contributed by atoms with van der Waals surface area (Å²) in [7, 11) is 2.01. The van der Waals surface area contributed by atoms with Crippen molar-refractivity contribution < 1.29 is 13.4 Å². The molecule has 164 valence electrons. The SMILES string of the molecule is Cc1ccc2c(oc3nc(-c4cccc(-c5ccccc5)c4)c(F)cc32)c1-c1cccc[n+]1C. The Morgan fingerprint density at radius 2 is 1.53 bits per heavy atom. The average molecular weight is 446 g/mol. The normalized spacial score (nSPS) is 11.4. The van der Waals surface area contributed by atoms with Gasteiger partial charge in [0.2, 0.25) is 11.4 Å². The Hall–Kier alpha value is -4.31.